The molecule has 148 valence electrons. The summed E-state index contributed by atoms with van der Waals surface area (Å²) < 4.78 is 5.27. The van der Waals surface area contributed by atoms with Crippen molar-refractivity contribution in [1.29, 1.82) is 0 Å². The monoisotopic (exact) mass is 381 g/mol. The summed E-state index contributed by atoms with van der Waals surface area (Å²) in [4.78, 5) is 16.9. The molecule has 0 unspecified atom stereocenters. The molecule has 1 aromatic carbocycles. The number of H-pyrrole nitrogens is 1. The lowest BCUT2D eigenvalue weighted by Gasteiger charge is -2.35. The zero-order valence-corrected chi connectivity index (χ0v) is 16.6. The third-order valence-electron chi connectivity index (χ3n) is 5.34. The van der Waals surface area contributed by atoms with Crippen LogP contribution in [-0.2, 0) is 0 Å². The number of hydrogen-bond donors (Lipinski definition) is 2. The Hall–Kier alpha value is -2.64. The maximum atomic E-state index is 10.8. The van der Waals surface area contributed by atoms with Gasteiger partial charge in [0, 0.05) is 72.8 Å². The minimum atomic E-state index is -0.536. The van der Waals surface area contributed by atoms with Crippen LogP contribution in [0.3, 0.4) is 0 Å². The van der Waals surface area contributed by atoms with Crippen molar-refractivity contribution in [2.24, 2.45) is 0 Å². The first-order valence-corrected chi connectivity index (χ1v) is 9.66. The fourth-order valence-corrected chi connectivity index (χ4v) is 3.85. The number of ether oxygens (including phenoxy) is 1. The Kier molecular flexibility index (Phi) is 5.19. The minimum absolute atomic E-state index is 0.536. The molecule has 4 rings (SSSR count). The molecule has 1 aliphatic heterocycles. The Morgan fingerprint density at radius 3 is 2.50 bits per heavy atom. The predicted molar refractivity (Wildman–Crippen MR) is 110 cm³/mol. The third-order valence-corrected chi connectivity index (χ3v) is 5.34. The number of aromatic amines is 1. The van der Waals surface area contributed by atoms with E-state index in [0.717, 1.165) is 65.7 Å². The fraction of sp³-hybridized carbons (Fsp3) is 0.429. The average molecular weight is 381 g/mol. The summed E-state index contributed by atoms with van der Waals surface area (Å²) >= 11 is 0. The number of benzene rings is 1. The van der Waals surface area contributed by atoms with Crippen molar-refractivity contribution in [2.45, 2.75) is 20.0 Å². The van der Waals surface area contributed by atoms with E-state index in [1.54, 1.807) is 7.11 Å². The van der Waals surface area contributed by atoms with Crippen molar-refractivity contribution in [2.75, 3.05) is 44.7 Å². The summed E-state index contributed by atoms with van der Waals surface area (Å²) in [6.07, 6.45) is 1.36. The van der Waals surface area contributed by atoms with Gasteiger partial charge in [0.2, 0.25) is 5.95 Å². The molecule has 0 amide bonds. The van der Waals surface area contributed by atoms with E-state index >= 15 is 0 Å². The standard InChI is InChI=1S/C21H27N5O2/c1-14-10-15(2)24-21(23-14)26-8-6-25(7-9-26)13-20(27)18-12-22-19-11-16(28-3)4-5-17(18)19/h4-5,10-12,20,22,27H,6-9,13H2,1-3H3/t20-/m0/s1. The van der Waals surface area contributed by atoms with E-state index in [-0.39, 0.29) is 0 Å². The number of hydrogen-bond acceptors (Lipinski definition) is 6. The quantitative estimate of drug-likeness (QED) is 0.707. The Balaban J connectivity index is 1.39. The first kappa shape index (κ1) is 18.7. The van der Waals surface area contributed by atoms with Crippen LogP contribution in [0.1, 0.15) is 23.1 Å². The third kappa shape index (κ3) is 3.81. The number of aromatic nitrogens is 3. The number of nitrogens with zero attached hydrogens (tertiary/aromatic N) is 4. The van der Waals surface area contributed by atoms with E-state index in [1.165, 1.54) is 0 Å². The van der Waals surface area contributed by atoms with E-state index in [2.05, 4.69) is 24.8 Å². The van der Waals surface area contributed by atoms with Gasteiger partial charge in [-0.2, -0.15) is 0 Å². The molecule has 0 aliphatic carbocycles. The zero-order chi connectivity index (χ0) is 19.7. The van der Waals surface area contributed by atoms with Gasteiger partial charge in [-0.15, -0.1) is 0 Å². The lowest BCUT2D eigenvalue weighted by atomic mass is 10.1. The number of nitrogens with one attached hydrogen (secondary N) is 1. The van der Waals surface area contributed by atoms with Crippen LogP contribution in [0.25, 0.3) is 10.9 Å². The van der Waals surface area contributed by atoms with E-state index < -0.39 is 6.10 Å². The summed E-state index contributed by atoms with van der Waals surface area (Å²) in [6, 6.07) is 7.87. The van der Waals surface area contributed by atoms with Crippen LogP contribution in [0.15, 0.2) is 30.5 Å². The zero-order valence-electron chi connectivity index (χ0n) is 16.6. The number of fused-ring (bicyclic) bond motifs is 1. The van der Waals surface area contributed by atoms with Crippen LogP contribution in [0, 0.1) is 13.8 Å². The van der Waals surface area contributed by atoms with E-state index in [1.807, 2.05) is 44.3 Å². The van der Waals surface area contributed by atoms with Crippen molar-refractivity contribution >= 4 is 16.9 Å². The number of piperazine rings is 1. The molecule has 1 saturated heterocycles. The van der Waals surface area contributed by atoms with E-state index in [4.69, 9.17) is 4.74 Å². The van der Waals surface area contributed by atoms with E-state index in [0.29, 0.717) is 6.54 Å². The molecule has 1 atom stereocenters. The Morgan fingerprint density at radius 1 is 1.11 bits per heavy atom. The van der Waals surface area contributed by atoms with E-state index in [9.17, 15) is 5.11 Å². The molecule has 7 heteroatoms. The van der Waals surface area contributed by atoms with Crippen LogP contribution < -0.4 is 9.64 Å². The maximum absolute atomic E-state index is 10.8. The molecule has 0 bridgehead atoms. The number of methoxy groups -OCH3 is 1. The molecule has 2 aromatic heterocycles. The highest BCUT2D eigenvalue weighted by Crippen LogP contribution is 2.28. The normalized spacial score (nSPS) is 16.5. The molecular weight excluding hydrogens is 354 g/mol. The highest BCUT2D eigenvalue weighted by atomic mass is 16.5. The number of rotatable bonds is 5. The molecule has 0 radical (unpaired) electrons. The Bertz CT molecular complexity index is 942. The van der Waals surface area contributed by atoms with Gasteiger partial charge >= 0.3 is 0 Å². The predicted octanol–water partition coefficient (Wildman–Crippen LogP) is 2.44. The lowest BCUT2D eigenvalue weighted by molar-refractivity contribution is 0.110. The molecule has 1 aliphatic rings. The molecule has 2 N–H and O–H groups in total. The number of anilines is 1. The van der Waals surface area contributed by atoms with Crippen molar-refractivity contribution in [3.05, 3.63) is 47.4 Å². The summed E-state index contributed by atoms with van der Waals surface area (Å²) in [5, 5.41) is 11.8. The highest BCUT2D eigenvalue weighted by molar-refractivity contribution is 5.84. The van der Waals surface area contributed by atoms with Crippen LogP contribution in [0.5, 0.6) is 5.75 Å². The topological polar surface area (TPSA) is 77.5 Å². The van der Waals surface area contributed by atoms with Crippen LogP contribution in [-0.4, -0.2) is 64.8 Å². The van der Waals surface area contributed by atoms with Gasteiger partial charge in [0.05, 0.1) is 13.2 Å². The largest absolute Gasteiger partial charge is 0.497 e. The lowest BCUT2D eigenvalue weighted by Crippen LogP contribution is -2.48. The van der Waals surface area contributed by atoms with Crippen molar-refractivity contribution in [3.8, 4) is 5.75 Å². The Morgan fingerprint density at radius 2 is 1.82 bits per heavy atom. The summed E-state index contributed by atoms with van der Waals surface area (Å²) in [7, 11) is 1.66. The molecule has 0 spiro atoms. The molecule has 3 aromatic rings. The molecule has 0 saturated carbocycles. The van der Waals surface area contributed by atoms with Crippen LogP contribution in [0.4, 0.5) is 5.95 Å². The molecule has 7 nitrogen and oxygen atoms in total. The average Bonchev–Trinajstić information content (AvgIpc) is 3.11. The van der Waals surface area contributed by atoms with Gasteiger partial charge in [-0.05, 0) is 32.0 Å². The van der Waals surface area contributed by atoms with Gasteiger partial charge < -0.3 is 19.7 Å². The summed E-state index contributed by atoms with van der Waals surface area (Å²) in [5.74, 6) is 1.61. The van der Waals surface area contributed by atoms with Gasteiger partial charge in [0.1, 0.15) is 5.75 Å². The maximum Gasteiger partial charge on any atom is 0.225 e. The van der Waals surface area contributed by atoms with Crippen molar-refractivity contribution < 1.29 is 9.84 Å². The van der Waals surface area contributed by atoms with Gasteiger partial charge in [-0.3, -0.25) is 4.90 Å². The number of aliphatic hydroxyl groups is 1. The molecular formula is C21H27N5O2. The van der Waals surface area contributed by atoms with Gasteiger partial charge in [0.25, 0.3) is 0 Å². The Labute approximate surface area is 165 Å². The molecule has 3 heterocycles. The number of aliphatic hydroxyl groups excluding tert-OH is 1. The second-order valence-corrected chi connectivity index (χ2v) is 7.41. The molecule has 28 heavy (non-hydrogen) atoms. The smallest absolute Gasteiger partial charge is 0.225 e. The minimum Gasteiger partial charge on any atom is -0.497 e. The second kappa shape index (κ2) is 7.77. The first-order chi connectivity index (χ1) is 13.5. The van der Waals surface area contributed by atoms with Gasteiger partial charge in [-0.1, -0.05) is 0 Å². The van der Waals surface area contributed by atoms with Gasteiger partial charge in [0.15, 0.2) is 0 Å². The first-order valence-electron chi connectivity index (χ1n) is 9.66. The fourth-order valence-electron chi connectivity index (χ4n) is 3.85. The van der Waals surface area contributed by atoms with Crippen LogP contribution >= 0.6 is 0 Å². The second-order valence-electron chi connectivity index (χ2n) is 7.41. The molecule has 1 fully saturated rings. The number of β-amino-alcohol motifs (C(OH)–C–C–N with tert-alkyl or cyclic N) is 1. The highest BCUT2D eigenvalue weighted by Gasteiger charge is 2.23. The summed E-state index contributed by atoms with van der Waals surface area (Å²) in [5.41, 5.74) is 3.90. The van der Waals surface area contributed by atoms with Crippen molar-refractivity contribution in [3.63, 3.8) is 0 Å². The van der Waals surface area contributed by atoms with Crippen molar-refractivity contribution in [1.82, 2.24) is 19.9 Å². The van der Waals surface area contributed by atoms with Gasteiger partial charge in [-0.25, -0.2) is 9.97 Å². The summed E-state index contributed by atoms with van der Waals surface area (Å²) in [6.45, 7) is 8.10. The van der Waals surface area contributed by atoms with Crippen LogP contribution in [0.2, 0.25) is 0 Å². The number of aryl methyl sites for hydroxylation is 2. The SMILES string of the molecule is COc1ccc2c([C@@H](O)CN3CCN(c4nc(C)cc(C)n4)CC3)c[nH]c2c1.